The lowest BCUT2D eigenvalue weighted by molar-refractivity contribution is 0.415. The molecule has 0 fully saturated rings. The molecule has 8 heteroatoms. The third-order valence-corrected chi connectivity index (χ3v) is 5.14. The Bertz CT molecular complexity index is 1390. The number of benzene rings is 1. The first-order chi connectivity index (χ1) is 15.1. The molecule has 0 aliphatic carbocycles. The SMILES string of the molecule is COc1cc(-c2cnc3[nH]cc(-c4cnn(Cc5cccc(F)c5)c4)c3c2)cnc1N. The summed E-state index contributed by atoms with van der Waals surface area (Å²) in [5.41, 5.74) is 11.1. The number of aromatic amines is 1. The number of hydrogen-bond donors (Lipinski definition) is 2. The summed E-state index contributed by atoms with van der Waals surface area (Å²) in [7, 11) is 1.56. The number of nitrogens with two attached hydrogens (primary N) is 1. The fraction of sp³-hybridized carbons (Fsp3) is 0.0870. The molecule has 154 valence electrons. The smallest absolute Gasteiger partial charge is 0.166 e. The minimum atomic E-state index is -0.256. The molecule has 0 amide bonds. The van der Waals surface area contributed by atoms with E-state index in [4.69, 9.17) is 10.5 Å². The van der Waals surface area contributed by atoms with Gasteiger partial charge in [-0.25, -0.2) is 14.4 Å². The van der Waals surface area contributed by atoms with E-state index >= 15 is 0 Å². The summed E-state index contributed by atoms with van der Waals surface area (Å²) >= 11 is 0. The van der Waals surface area contributed by atoms with E-state index in [0.29, 0.717) is 18.1 Å². The standard InChI is InChI=1S/C23H19FN6O/c1-31-21-7-16(8-26-22(21)25)15-6-19-20(11-28-23(19)27-9-15)17-10-29-30(13-17)12-14-3-2-4-18(24)5-14/h2-11,13H,12H2,1H3,(H2,25,26)(H,27,28). The number of rotatable bonds is 5. The number of ether oxygens (including phenoxy) is 1. The van der Waals surface area contributed by atoms with Gasteiger partial charge in [0.05, 0.1) is 19.9 Å². The van der Waals surface area contributed by atoms with Crippen molar-refractivity contribution >= 4 is 16.9 Å². The van der Waals surface area contributed by atoms with Gasteiger partial charge in [0.15, 0.2) is 11.6 Å². The molecule has 0 saturated heterocycles. The van der Waals surface area contributed by atoms with E-state index in [1.165, 1.54) is 12.1 Å². The Labute approximate surface area is 177 Å². The molecule has 0 spiro atoms. The Kier molecular flexibility index (Phi) is 4.59. The van der Waals surface area contributed by atoms with E-state index in [-0.39, 0.29) is 5.82 Å². The number of anilines is 1. The van der Waals surface area contributed by atoms with Gasteiger partial charge in [0.2, 0.25) is 0 Å². The van der Waals surface area contributed by atoms with Crippen LogP contribution in [0, 0.1) is 5.82 Å². The molecule has 5 rings (SSSR count). The highest BCUT2D eigenvalue weighted by atomic mass is 19.1. The summed E-state index contributed by atoms with van der Waals surface area (Å²) in [6, 6.07) is 10.4. The Morgan fingerprint density at radius 3 is 2.74 bits per heavy atom. The Morgan fingerprint density at radius 1 is 1.06 bits per heavy atom. The molecule has 0 saturated carbocycles. The van der Waals surface area contributed by atoms with E-state index < -0.39 is 0 Å². The molecule has 0 atom stereocenters. The van der Waals surface area contributed by atoms with Gasteiger partial charge in [0, 0.05) is 52.4 Å². The van der Waals surface area contributed by atoms with Crippen LogP contribution in [0.25, 0.3) is 33.3 Å². The molecule has 0 radical (unpaired) electrons. The normalized spacial score (nSPS) is 11.2. The van der Waals surface area contributed by atoms with Crippen molar-refractivity contribution in [3.8, 4) is 28.0 Å². The van der Waals surface area contributed by atoms with Gasteiger partial charge in [-0.1, -0.05) is 12.1 Å². The number of fused-ring (bicyclic) bond motifs is 1. The van der Waals surface area contributed by atoms with Crippen LogP contribution in [0.1, 0.15) is 5.56 Å². The minimum absolute atomic E-state index is 0.256. The number of nitrogens with one attached hydrogen (secondary N) is 1. The lowest BCUT2D eigenvalue weighted by Gasteiger charge is -2.07. The molecule has 4 aromatic heterocycles. The zero-order chi connectivity index (χ0) is 21.4. The molecule has 4 heterocycles. The molecule has 5 aromatic rings. The number of nitrogens with zero attached hydrogens (tertiary/aromatic N) is 4. The zero-order valence-corrected chi connectivity index (χ0v) is 16.7. The summed E-state index contributed by atoms with van der Waals surface area (Å²) < 4.78 is 20.5. The van der Waals surface area contributed by atoms with Crippen molar-refractivity contribution < 1.29 is 9.13 Å². The van der Waals surface area contributed by atoms with Crippen molar-refractivity contribution in [2.24, 2.45) is 0 Å². The van der Waals surface area contributed by atoms with Crippen LogP contribution < -0.4 is 10.5 Å². The average Bonchev–Trinajstić information content (AvgIpc) is 3.40. The van der Waals surface area contributed by atoms with Crippen molar-refractivity contribution in [2.45, 2.75) is 6.54 Å². The van der Waals surface area contributed by atoms with Crippen LogP contribution >= 0.6 is 0 Å². The number of H-pyrrole nitrogens is 1. The fourth-order valence-electron chi connectivity index (χ4n) is 3.59. The quantitative estimate of drug-likeness (QED) is 0.448. The summed E-state index contributed by atoms with van der Waals surface area (Å²) in [5, 5.41) is 5.39. The van der Waals surface area contributed by atoms with Crippen LogP contribution in [0.15, 0.2) is 67.4 Å². The van der Waals surface area contributed by atoms with E-state index in [1.54, 1.807) is 36.4 Å². The van der Waals surface area contributed by atoms with Crippen LogP contribution in [0.2, 0.25) is 0 Å². The summed E-state index contributed by atoms with van der Waals surface area (Å²) in [5.74, 6) is 0.604. The molecule has 0 unspecified atom stereocenters. The number of halogens is 1. The predicted octanol–water partition coefficient (Wildman–Crippen LogP) is 4.27. The van der Waals surface area contributed by atoms with E-state index in [9.17, 15) is 4.39 Å². The first-order valence-corrected chi connectivity index (χ1v) is 9.65. The Morgan fingerprint density at radius 2 is 1.90 bits per heavy atom. The monoisotopic (exact) mass is 414 g/mol. The molecule has 7 nitrogen and oxygen atoms in total. The summed E-state index contributed by atoms with van der Waals surface area (Å²) in [4.78, 5) is 11.9. The third kappa shape index (κ3) is 3.59. The van der Waals surface area contributed by atoms with Crippen LogP contribution in [0.3, 0.4) is 0 Å². The second kappa shape index (κ2) is 7.56. The predicted molar refractivity (Wildman–Crippen MR) is 117 cm³/mol. The molecular formula is C23H19FN6O. The Balaban J connectivity index is 1.50. The highest BCUT2D eigenvalue weighted by Gasteiger charge is 2.12. The van der Waals surface area contributed by atoms with Crippen molar-refractivity contribution in [3.05, 3.63) is 78.8 Å². The van der Waals surface area contributed by atoms with Crippen LogP contribution in [0.4, 0.5) is 10.2 Å². The maximum Gasteiger partial charge on any atom is 0.166 e. The van der Waals surface area contributed by atoms with Crippen molar-refractivity contribution in [1.29, 1.82) is 0 Å². The molecule has 3 N–H and O–H groups in total. The fourth-order valence-corrected chi connectivity index (χ4v) is 3.59. The largest absolute Gasteiger partial charge is 0.493 e. The minimum Gasteiger partial charge on any atom is -0.493 e. The molecule has 1 aromatic carbocycles. The lowest BCUT2D eigenvalue weighted by atomic mass is 10.1. The van der Waals surface area contributed by atoms with Gasteiger partial charge < -0.3 is 15.5 Å². The molecule has 0 bridgehead atoms. The van der Waals surface area contributed by atoms with Gasteiger partial charge in [-0.15, -0.1) is 0 Å². The van der Waals surface area contributed by atoms with Crippen molar-refractivity contribution in [3.63, 3.8) is 0 Å². The van der Waals surface area contributed by atoms with Gasteiger partial charge in [-0.2, -0.15) is 5.10 Å². The Hall–Kier alpha value is -4.20. The highest BCUT2D eigenvalue weighted by Crippen LogP contribution is 2.32. The zero-order valence-electron chi connectivity index (χ0n) is 16.7. The van der Waals surface area contributed by atoms with Crippen LogP contribution in [0.5, 0.6) is 5.75 Å². The third-order valence-electron chi connectivity index (χ3n) is 5.14. The van der Waals surface area contributed by atoms with Gasteiger partial charge in [0.1, 0.15) is 11.5 Å². The molecule has 0 aliphatic rings. The average molecular weight is 414 g/mol. The summed E-state index contributed by atoms with van der Waals surface area (Å²) in [6.07, 6.45) is 9.12. The maximum absolute atomic E-state index is 13.5. The van der Waals surface area contributed by atoms with Gasteiger partial charge in [0.25, 0.3) is 0 Å². The molecule has 0 aliphatic heterocycles. The number of aromatic nitrogens is 5. The second-order valence-corrected chi connectivity index (χ2v) is 7.19. The first-order valence-electron chi connectivity index (χ1n) is 9.65. The summed E-state index contributed by atoms with van der Waals surface area (Å²) in [6.45, 7) is 0.487. The van der Waals surface area contributed by atoms with Gasteiger partial charge in [-0.3, -0.25) is 4.68 Å². The number of methoxy groups -OCH3 is 1. The van der Waals surface area contributed by atoms with Crippen molar-refractivity contribution in [1.82, 2.24) is 24.7 Å². The highest BCUT2D eigenvalue weighted by molar-refractivity contribution is 5.95. The van der Waals surface area contributed by atoms with Gasteiger partial charge >= 0.3 is 0 Å². The maximum atomic E-state index is 13.5. The van der Waals surface area contributed by atoms with E-state index in [0.717, 1.165) is 38.9 Å². The number of pyridine rings is 2. The second-order valence-electron chi connectivity index (χ2n) is 7.19. The topological polar surface area (TPSA) is 94.6 Å². The number of hydrogen-bond acceptors (Lipinski definition) is 5. The number of nitrogen functional groups attached to an aromatic ring is 1. The molecule has 31 heavy (non-hydrogen) atoms. The van der Waals surface area contributed by atoms with Gasteiger partial charge in [-0.05, 0) is 29.8 Å². The van der Waals surface area contributed by atoms with E-state index in [2.05, 4.69) is 20.1 Å². The van der Waals surface area contributed by atoms with Crippen LogP contribution in [-0.2, 0) is 6.54 Å². The van der Waals surface area contributed by atoms with Crippen molar-refractivity contribution in [2.75, 3.05) is 12.8 Å². The first kappa shape index (κ1) is 18.8. The lowest BCUT2D eigenvalue weighted by Crippen LogP contribution is -1.99. The van der Waals surface area contributed by atoms with Crippen LogP contribution in [-0.4, -0.2) is 31.8 Å². The molecular weight excluding hydrogens is 395 g/mol. The van der Waals surface area contributed by atoms with E-state index in [1.807, 2.05) is 30.6 Å².